The zero-order valence-corrected chi connectivity index (χ0v) is 15.0. The first-order chi connectivity index (χ1) is 12.7. The Morgan fingerprint density at radius 2 is 1.62 bits per heavy atom. The van der Waals surface area contributed by atoms with Gasteiger partial charge in [-0.15, -0.1) is 0 Å². The first kappa shape index (κ1) is 18.2. The quantitative estimate of drug-likeness (QED) is 0.651. The fourth-order valence-electron chi connectivity index (χ4n) is 3.07. The minimum atomic E-state index is -0.193. The van der Waals surface area contributed by atoms with Gasteiger partial charge in [-0.2, -0.15) is 0 Å². The van der Waals surface area contributed by atoms with Crippen molar-refractivity contribution in [2.75, 3.05) is 6.54 Å². The van der Waals surface area contributed by atoms with Crippen LogP contribution in [0.15, 0.2) is 72.8 Å². The van der Waals surface area contributed by atoms with Crippen molar-refractivity contribution in [2.24, 2.45) is 5.73 Å². The van der Waals surface area contributed by atoms with Crippen molar-refractivity contribution in [1.29, 1.82) is 0 Å². The molecule has 3 aromatic carbocycles. The van der Waals surface area contributed by atoms with E-state index < -0.39 is 0 Å². The van der Waals surface area contributed by atoms with Crippen LogP contribution >= 0.6 is 0 Å². The summed E-state index contributed by atoms with van der Waals surface area (Å²) in [6, 6.07) is 23.0. The van der Waals surface area contributed by atoms with E-state index in [9.17, 15) is 4.39 Å². The van der Waals surface area contributed by atoms with Crippen LogP contribution < -0.4 is 10.5 Å². The maximum Gasteiger partial charge on any atom is 0.126 e. The Kier molecular flexibility index (Phi) is 6.03. The fourth-order valence-corrected chi connectivity index (χ4v) is 3.07. The van der Waals surface area contributed by atoms with Crippen molar-refractivity contribution in [3.8, 4) is 5.75 Å². The highest BCUT2D eigenvalue weighted by Gasteiger charge is 2.14. The summed E-state index contributed by atoms with van der Waals surface area (Å²) in [6.07, 6.45) is 0.704. The third-order valence-corrected chi connectivity index (χ3v) is 4.69. The summed E-state index contributed by atoms with van der Waals surface area (Å²) < 4.78 is 19.9. The summed E-state index contributed by atoms with van der Waals surface area (Å²) in [5.41, 5.74) is 10.1. The van der Waals surface area contributed by atoms with Gasteiger partial charge in [-0.05, 0) is 60.3 Å². The standard InChI is InChI=1S/C23H24FNO/c1-17-6-2-3-7-19(17)16-26-21-12-10-18(11-13-21)14-20(15-25)22-8-4-5-9-23(22)24/h2-13,20H,14-16,25H2,1H3. The second kappa shape index (κ2) is 8.63. The van der Waals surface area contributed by atoms with Gasteiger partial charge in [0, 0.05) is 5.92 Å². The van der Waals surface area contributed by atoms with Gasteiger partial charge in [0.05, 0.1) is 0 Å². The van der Waals surface area contributed by atoms with Crippen LogP contribution in [0.5, 0.6) is 5.75 Å². The Morgan fingerprint density at radius 1 is 0.923 bits per heavy atom. The topological polar surface area (TPSA) is 35.2 Å². The van der Waals surface area contributed by atoms with Gasteiger partial charge in [-0.1, -0.05) is 54.6 Å². The molecule has 1 atom stereocenters. The monoisotopic (exact) mass is 349 g/mol. The molecule has 0 radical (unpaired) electrons. The van der Waals surface area contributed by atoms with Crippen LogP contribution in [0.1, 0.15) is 28.2 Å². The zero-order valence-electron chi connectivity index (χ0n) is 15.0. The van der Waals surface area contributed by atoms with E-state index in [1.165, 1.54) is 17.2 Å². The molecular weight excluding hydrogens is 325 g/mol. The Morgan fingerprint density at radius 3 is 2.31 bits per heavy atom. The molecule has 2 nitrogen and oxygen atoms in total. The first-order valence-corrected chi connectivity index (χ1v) is 8.88. The lowest BCUT2D eigenvalue weighted by Gasteiger charge is -2.16. The minimum Gasteiger partial charge on any atom is -0.489 e. The molecule has 0 aromatic heterocycles. The van der Waals surface area contributed by atoms with E-state index in [0.717, 1.165) is 11.3 Å². The van der Waals surface area contributed by atoms with Crippen molar-refractivity contribution in [1.82, 2.24) is 0 Å². The molecule has 0 fully saturated rings. The predicted octanol–water partition coefficient (Wildman–Crippen LogP) is 5.00. The van der Waals surface area contributed by atoms with Gasteiger partial charge in [0.2, 0.25) is 0 Å². The Labute approximate surface area is 154 Å². The maximum atomic E-state index is 14.0. The molecule has 0 aliphatic carbocycles. The second-order valence-electron chi connectivity index (χ2n) is 6.52. The minimum absolute atomic E-state index is 0.0325. The number of nitrogens with two attached hydrogens (primary N) is 1. The summed E-state index contributed by atoms with van der Waals surface area (Å²) in [4.78, 5) is 0. The van der Waals surface area contributed by atoms with E-state index in [4.69, 9.17) is 10.5 Å². The fraction of sp³-hybridized carbons (Fsp3) is 0.217. The summed E-state index contributed by atoms with van der Waals surface area (Å²) >= 11 is 0. The average Bonchev–Trinajstić information content (AvgIpc) is 2.67. The molecule has 2 N–H and O–H groups in total. The third kappa shape index (κ3) is 4.50. The number of hydrogen-bond acceptors (Lipinski definition) is 2. The number of rotatable bonds is 7. The molecule has 0 bridgehead atoms. The van der Waals surface area contributed by atoms with Crippen LogP contribution in [0.2, 0.25) is 0 Å². The number of halogens is 1. The van der Waals surface area contributed by atoms with E-state index in [0.29, 0.717) is 25.1 Å². The molecule has 0 spiro atoms. The molecule has 1 unspecified atom stereocenters. The average molecular weight is 349 g/mol. The predicted molar refractivity (Wildman–Crippen MR) is 104 cm³/mol. The zero-order chi connectivity index (χ0) is 18.4. The third-order valence-electron chi connectivity index (χ3n) is 4.69. The second-order valence-corrected chi connectivity index (χ2v) is 6.52. The Bertz CT molecular complexity index is 845. The van der Waals surface area contributed by atoms with Crippen LogP contribution in [-0.2, 0) is 13.0 Å². The molecule has 26 heavy (non-hydrogen) atoms. The molecule has 3 aromatic rings. The van der Waals surface area contributed by atoms with Gasteiger partial charge in [-0.25, -0.2) is 4.39 Å². The molecule has 134 valence electrons. The Hall–Kier alpha value is -2.65. The lowest BCUT2D eigenvalue weighted by atomic mass is 9.91. The van der Waals surface area contributed by atoms with Crippen LogP contribution in [0, 0.1) is 12.7 Å². The van der Waals surface area contributed by atoms with Crippen LogP contribution in [0.25, 0.3) is 0 Å². The van der Waals surface area contributed by atoms with E-state index in [1.54, 1.807) is 6.07 Å². The van der Waals surface area contributed by atoms with E-state index in [2.05, 4.69) is 19.1 Å². The number of aryl methyl sites for hydroxylation is 1. The van der Waals surface area contributed by atoms with Gasteiger partial charge >= 0.3 is 0 Å². The molecule has 3 heteroatoms. The highest BCUT2D eigenvalue weighted by atomic mass is 19.1. The molecule has 0 amide bonds. The molecule has 3 rings (SSSR count). The van der Waals surface area contributed by atoms with E-state index >= 15 is 0 Å². The summed E-state index contributed by atoms with van der Waals surface area (Å²) in [5, 5.41) is 0. The van der Waals surface area contributed by atoms with Gasteiger partial charge in [-0.3, -0.25) is 0 Å². The lowest BCUT2D eigenvalue weighted by molar-refractivity contribution is 0.305. The van der Waals surface area contributed by atoms with Gasteiger partial charge in [0.25, 0.3) is 0 Å². The molecule has 0 saturated heterocycles. The number of benzene rings is 3. The van der Waals surface area contributed by atoms with Gasteiger partial charge in [0.15, 0.2) is 0 Å². The van der Waals surface area contributed by atoms with Crippen molar-refractivity contribution >= 4 is 0 Å². The smallest absolute Gasteiger partial charge is 0.126 e. The van der Waals surface area contributed by atoms with Crippen LogP contribution in [-0.4, -0.2) is 6.54 Å². The largest absolute Gasteiger partial charge is 0.489 e. The SMILES string of the molecule is Cc1ccccc1COc1ccc(CC(CN)c2ccccc2F)cc1. The van der Waals surface area contributed by atoms with Crippen molar-refractivity contribution in [3.63, 3.8) is 0 Å². The highest BCUT2D eigenvalue weighted by molar-refractivity contribution is 5.31. The van der Waals surface area contributed by atoms with Gasteiger partial charge in [0.1, 0.15) is 18.2 Å². The maximum absolute atomic E-state index is 14.0. The molecule has 0 aliphatic rings. The Balaban J connectivity index is 1.64. The van der Waals surface area contributed by atoms with E-state index in [-0.39, 0.29) is 11.7 Å². The first-order valence-electron chi connectivity index (χ1n) is 8.88. The lowest BCUT2D eigenvalue weighted by Crippen LogP contribution is -2.16. The van der Waals surface area contributed by atoms with Crippen molar-refractivity contribution in [2.45, 2.75) is 25.9 Å². The van der Waals surface area contributed by atoms with Crippen LogP contribution in [0.4, 0.5) is 4.39 Å². The van der Waals surface area contributed by atoms with E-state index in [1.807, 2.05) is 48.5 Å². The van der Waals surface area contributed by atoms with Gasteiger partial charge < -0.3 is 10.5 Å². The molecule has 0 heterocycles. The normalized spacial score (nSPS) is 12.0. The number of hydrogen-bond donors (Lipinski definition) is 1. The summed E-state index contributed by atoms with van der Waals surface area (Å²) in [7, 11) is 0. The number of ether oxygens (including phenoxy) is 1. The summed E-state index contributed by atoms with van der Waals surface area (Å²) in [6.45, 7) is 3.04. The molecule has 0 saturated carbocycles. The van der Waals surface area contributed by atoms with Crippen molar-refractivity contribution < 1.29 is 9.13 Å². The highest BCUT2D eigenvalue weighted by Crippen LogP contribution is 2.24. The molecule has 0 aliphatic heterocycles. The summed E-state index contributed by atoms with van der Waals surface area (Å²) in [5.74, 6) is 0.600. The molecular formula is C23H24FNO. The van der Waals surface area contributed by atoms with Crippen molar-refractivity contribution in [3.05, 3.63) is 101 Å². The van der Waals surface area contributed by atoms with Crippen LogP contribution in [0.3, 0.4) is 0 Å².